The Bertz CT molecular complexity index is 332. The summed E-state index contributed by atoms with van der Waals surface area (Å²) in [5.74, 6) is -0.899. The first-order valence-electron chi connectivity index (χ1n) is 5.42. The quantitative estimate of drug-likeness (QED) is 0.664. The van der Waals surface area contributed by atoms with E-state index < -0.39 is 5.97 Å². The molecule has 18 heavy (non-hydrogen) atoms. The van der Waals surface area contributed by atoms with Crippen LogP contribution in [0.2, 0.25) is 0 Å². The summed E-state index contributed by atoms with van der Waals surface area (Å²) in [6.07, 6.45) is 1.30. The van der Waals surface area contributed by atoms with Crippen LogP contribution in [0.25, 0.3) is 0 Å². The number of carbonyl (C=O) groups is 2. The van der Waals surface area contributed by atoms with Crippen molar-refractivity contribution in [2.75, 3.05) is 7.11 Å². The van der Waals surface area contributed by atoms with Crippen LogP contribution in [0.3, 0.4) is 0 Å². The molecule has 0 aromatic heterocycles. The first-order valence-corrected chi connectivity index (χ1v) is 5.42. The van der Waals surface area contributed by atoms with Crippen molar-refractivity contribution in [3.8, 4) is 0 Å². The molecule has 0 bridgehead atoms. The Labute approximate surface area is 130 Å². The van der Waals surface area contributed by atoms with E-state index >= 15 is 0 Å². The molecular formula is C13H18NaO4. The van der Waals surface area contributed by atoms with E-state index in [-0.39, 0.29) is 41.9 Å². The first-order chi connectivity index (χ1) is 8.10. The molecule has 1 radical (unpaired) electrons. The number of rotatable bonds is 4. The molecule has 1 aromatic carbocycles. The van der Waals surface area contributed by atoms with Gasteiger partial charge in [-0.2, -0.15) is 0 Å². The molecule has 1 rings (SSSR count). The third-order valence-corrected chi connectivity index (χ3v) is 1.99. The van der Waals surface area contributed by atoms with Crippen LogP contribution in [0.5, 0.6) is 0 Å². The van der Waals surface area contributed by atoms with Crippen molar-refractivity contribution in [2.24, 2.45) is 0 Å². The SMILES string of the molecule is CCC(=O)OC.O=C(O)CCc1ccccc1.[Na]. The van der Waals surface area contributed by atoms with Gasteiger partial charge < -0.3 is 9.84 Å². The first kappa shape index (κ1) is 19.5. The molecule has 0 aliphatic carbocycles. The van der Waals surface area contributed by atoms with Crippen LogP contribution in [-0.4, -0.2) is 53.7 Å². The molecule has 0 fully saturated rings. The molecule has 0 atom stereocenters. The molecule has 0 saturated heterocycles. The number of methoxy groups -OCH3 is 1. The summed E-state index contributed by atoms with van der Waals surface area (Å²) in [6.45, 7) is 1.76. The summed E-state index contributed by atoms with van der Waals surface area (Å²) < 4.78 is 4.26. The Balaban J connectivity index is 0. The predicted molar refractivity (Wildman–Crippen MR) is 70.5 cm³/mol. The van der Waals surface area contributed by atoms with Crippen LogP contribution in [0.4, 0.5) is 0 Å². The average Bonchev–Trinajstić information content (AvgIpc) is 2.37. The minimum absolute atomic E-state index is 0. The van der Waals surface area contributed by atoms with Crippen LogP contribution in [0.1, 0.15) is 25.3 Å². The molecule has 0 saturated carbocycles. The van der Waals surface area contributed by atoms with Crippen molar-refractivity contribution in [2.45, 2.75) is 26.2 Å². The maximum Gasteiger partial charge on any atom is 0.305 e. The van der Waals surface area contributed by atoms with E-state index in [1.807, 2.05) is 30.3 Å². The molecular weight excluding hydrogens is 243 g/mol. The molecule has 0 aliphatic heterocycles. The number of ether oxygens (including phenoxy) is 1. The molecule has 1 aromatic rings. The second-order valence-electron chi connectivity index (χ2n) is 3.31. The largest absolute Gasteiger partial charge is 0.481 e. The summed E-state index contributed by atoms with van der Waals surface area (Å²) >= 11 is 0. The molecule has 0 unspecified atom stereocenters. The predicted octanol–water partition coefficient (Wildman–Crippen LogP) is 1.89. The Kier molecular flexibility index (Phi) is 13.7. The summed E-state index contributed by atoms with van der Waals surface area (Å²) in [6, 6.07) is 9.62. The number of benzene rings is 1. The van der Waals surface area contributed by atoms with E-state index in [0.717, 1.165) is 5.56 Å². The van der Waals surface area contributed by atoms with Gasteiger partial charge in [0.2, 0.25) is 0 Å². The van der Waals surface area contributed by atoms with Crippen LogP contribution < -0.4 is 0 Å². The van der Waals surface area contributed by atoms with Crippen molar-refractivity contribution >= 4 is 41.5 Å². The number of carbonyl (C=O) groups excluding carboxylic acids is 1. The van der Waals surface area contributed by atoms with Gasteiger partial charge in [-0.1, -0.05) is 37.3 Å². The number of hydrogen-bond acceptors (Lipinski definition) is 3. The maximum atomic E-state index is 10.2. The van der Waals surface area contributed by atoms with Gasteiger partial charge in [-0.25, -0.2) is 0 Å². The summed E-state index contributed by atoms with van der Waals surface area (Å²) in [4.78, 5) is 20.1. The fourth-order valence-electron chi connectivity index (χ4n) is 1.04. The zero-order valence-electron chi connectivity index (χ0n) is 11.2. The fourth-order valence-corrected chi connectivity index (χ4v) is 1.04. The van der Waals surface area contributed by atoms with Gasteiger partial charge >= 0.3 is 11.9 Å². The molecule has 95 valence electrons. The normalized spacial score (nSPS) is 8.33. The van der Waals surface area contributed by atoms with E-state index in [9.17, 15) is 9.59 Å². The van der Waals surface area contributed by atoms with E-state index in [1.165, 1.54) is 7.11 Å². The zero-order chi connectivity index (χ0) is 13.1. The topological polar surface area (TPSA) is 63.6 Å². The van der Waals surface area contributed by atoms with Crippen molar-refractivity contribution in [1.29, 1.82) is 0 Å². The zero-order valence-corrected chi connectivity index (χ0v) is 13.2. The van der Waals surface area contributed by atoms with Crippen molar-refractivity contribution in [1.82, 2.24) is 0 Å². The van der Waals surface area contributed by atoms with E-state index in [1.54, 1.807) is 6.92 Å². The Morgan fingerprint density at radius 1 is 1.22 bits per heavy atom. The summed E-state index contributed by atoms with van der Waals surface area (Å²) in [5.41, 5.74) is 1.08. The van der Waals surface area contributed by atoms with Crippen molar-refractivity contribution in [3.63, 3.8) is 0 Å². The number of carboxylic acid groups (broad SMARTS) is 1. The van der Waals surface area contributed by atoms with E-state index in [4.69, 9.17) is 5.11 Å². The van der Waals surface area contributed by atoms with Gasteiger partial charge in [0.25, 0.3) is 0 Å². The smallest absolute Gasteiger partial charge is 0.305 e. The summed E-state index contributed by atoms with van der Waals surface area (Å²) in [7, 11) is 1.38. The number of carboxylic acids is 1. The fraction of sp³-hybridized carbons (Fsp3) is 0.385. The Morgan fingerprint density at radius 3 is 2.11 bits per heavy atom. The average molecular weight is 261 g/mol. The van der Waals surface area contributed by atoms with Crippen molar-refractivity contribution in [3.05, 3.63) is 35.9 Å². The van der Waals surface area contributed by atoms with Gasteiger partial charge in [0.15, 0.2) is 0 Å². The van der Waals surface area contributed by atoms with E-state index in [0.29, 0.717) is 12.8 Å². The van der Waals surface area contributed by atoms with Crippen LogP contribution in [-0.2, 0) is 20.7 Å². The van der Waals surface area contributed by atoms with Gasteiger partial charge in [0.1, 0.15) is 0 Å². The molecule has 0 spiro atoms. The molecule has 1 N–H and O–H groups in total. The summed E-state index contributed by atoms with van der Waals surface area (Å²) in [5, 5.41) is 8.37. The molecule has 0 heterocycles. The second-order valence-corrected chi connectivity index (χ2v) is 3.31. The van der Waals surface area contributed by atoms with Crippen molar-refractivity contribution < 1.29 is 19.4 Å². The van der Waals surface area contributed by atoms with E-state index in [2.05, 4.69) is 4.74 Å². The van der Waals surface area contributed by atoms with Crippen LogP contribution >= 0.6 is 0 Å². The Morgan fingerprint density at radius 2 is 1.78 bits per heavy atom. The number of esters is 1. The van der Waals surface area contributed by atoms with Crippen LogP contribution in [0, 0.1) is 0 Å². The van der Waals surface area contributed by atoms with Gasteiger partial charge in [-0.15, -0.1) is 0 Å². The van der Waals surface area contributed by atoms with Gasteiger partial charge in [0.05, 0.1) is 7.11 Å². The molecule has 5 heteroatoms. The minimum atomic E-state index is -0.742. The monoisotopic (exact) mass is 261 g/mol. The second kappa shape index (κ2) is 12.6. The van der Waals surface area contributed by atoms with Gasteiger partial charge in [-0.05, 0) is 12.0 Å². The van der Waals surface area contributed by atoms with Gasteiger partial charge in [0, 0.05) is 42.4 Å². The third-order valence-electron chi connectivity index (χ3n) is 1.99. The third kappa shape index (κ3) is 11.6. The molecule has 0 aliphatic rings. The maximum absolute atomic E-state index is 10.2. The Hall–Kier alpha value is -0.840. The van der Waals surface area contributed by atoms with Crippen LogP contribution in [0.15, 0.2) is 30.3 Å². The number of aryl methyl sites for hydroxylation is 1. The number of hydrogen-bond donors (Lipinski definition) is 1. The molecule has 0 amide bonds. The van der Waals surface area contributed by atoms with Gasteiger partial charge in [-0.3, -0.25) is 9.59 Å². The molecule has 4 nitrogen and oxygen atoms in total. The minimum Gasteiger partial charge on any atom is -0.481 e. The standard InChI is InChI=1S/C9H10O2.C4H8O2.Na/c10-9(11)7-6-8-4-2-1-3-5-8;1-3-4(5)6-2;/h1-5H,6-7H2,(H,10,11);3H2,1-2H3;. The number of aliphatic carboxylic acids is 1.